The number of methoxy groups -OCH3 is 1. The molecule has 0 aliphatic rings. The van der Waals surface area contributed by atoms with Crippen LogP contribution < -0.4 is 10.1 Å². The van der Waals surface area contributed by atoms with Gasteiger partial charge in [0.15, 0.2) is 0 Å². The number of benzene rings is 3. The quantitative estimate of drug-likeness (QED) is 0.233. The lowest BCUT2D eigenvalue weighted by Gasteiger charge is -2.18. The predicted octanol–water partition coefficient (Wildman–Crippen LogP) is 7.14. The van der Waals surface area contributed by atoms with E-state index in [1.165, 1.54) is 7.11 Å². The molecule has 1 heterocycles. The maximum atomic E-state index is 13.7. The lowest BCUT2D eigenvalue weighted by atomic mass is 10.1. The van der Waals surface area contributed by atoms with Gasteiger partial charge in [0.1, 0.15) is 23.1 Å². The maximum absolute atomic E-state index is 13.7. The molecule has 5 nitrogen and oxygen atoms in total. The molecule has 180 valence electrons. The highest BCUT2D eigenvalue weighted by atomic mass is 19.4. The van der Waals surface area contributed by atoms with E-state index in [4.69, 9.17) is 9.47 Å². The van der Waals surface area contributed by atoms with E-state index in [9.17, 15) is 22.4 Å². The number of hydrogen-bond donors (Lipinski definition) is 1. The summed E-state index contributed by atoms with van der Waals surface area (Å²) in [6.07, 6.45) is -3.25. The van der Waals surface area contributed by atoms with Crippen molar-refractivity contribution in [2.45, 2.75) is 19.1 Å². The van der Waals surface area contributed by atoms with Crippen molar-refractivity contribution in [3.05, 3.63) is 95.4 Å². The third-order valence-electron chi connectivity index (χ3n) is 5.41. The first kappa shape index (κ1) is 24.0. The Hall–Kier alpha value is -4.14. The SMILES string of the molecule is COC(=O)c1ccc([C@H](C)Nc2nccc3cccc(Oc4ccc(F)c(C(F)(F)F)c4)c23)cc1. The Balaban J connectivity index is 1.67. The van der Waals surface area contributed by atoms with Crippen molar-refractivity contribution in [2.75, 3.05) is 12.4 Å². The van der Waals surface area contributed by atoms with Gasteiger partial charge < -0.3 is 14.8 Å². The van der Waals surface area contributed by atoms with Crippen LogP contribution in [-0.2, 0) is 10.9 Å². The molecule has 9 heteroatoms. The molecule has 3 aromatic carbocycles. The van der Waals surface area contributed by atoms with Crippen LogP contribution in [0.3, 0.4) is 0 Å². The van der Waals surface area contributed by atoms with E-state index in [0.29, 0.717) is 22.8 Å². The number of nitrogens with one attached hydrogen (secondary N) is 1. The van der Waals surface area contributed by atoms with E-state index in [1.807, 2.05) is 13.0 Å². The van der Waals surface area contributed by atoms with Gasteiger partial charge in [-0.05, 0) is 60.3 Å². The van der Waals surface area contributed by atoms with Crippen LogP contribution >= 0.6 is 0 Å². The first-order chi connectivity index (χ1) is 16.7. The van der Waals surface area contributed by atoms with E-state index in [0.717, 1.165) is 23.1 Å². The predicted molar refractivity (Wildman–Crippen MR) is 123 cm³/mol. The zero-order valence-corrected chi connectivity index (χ0v) is 18.7. The molecule has 0 fully saturated rings. The number of halogens is 4. The molecule has 0 spiro atoms. The number of hydrogen-bond acceptors (Lipinski definition) is 5. The number of carbonyl (C=O) groups excluding carboxylic acids is 1. The number of ether oxygens (including phenoxy) is 2. The van der Waals surface area contributed by atoms with E-state index in [1.54, 1.807) is 48.7 Å². The zero-order chi connectivity index (χ0) is 25.2. The maximum Gasteiger partial charge on any atom is 0.419 e. The average Bonchev–Trinajstić information content (AvgIpc) is 2.84. The third-order valence-corrected chi connectivity index (χ3v) is 5.41. The van der Waals surface area contributed by atoms with Crippen LogP contribution in [0.4, 0.5) is 23.4 Å². The zero-order valence-electron chi connectivity index (χ0n) is 18.7. The second-order valence-corrected chi connectivity index (χ2v) is 7.73. The number of carbonyl (C=O) groups is 1. The monoisotopic (exact) mass is 484 g/mol. The molecule has 0 aliphatic heterocycles. The molecule has 0 saturated carbocycles. The molecular weight excluding hydrogens is 464 g/mol. The van der Waals surface area contributed by atoms with Crippen molar-refractivity contribution < 1.29 is 31.8 Å². The number of aromatic nitrogens is 1. The fourth-order valence-corrected chi connectivity index (χ4v) is 3.62. The molecule has 1 aromatic heterocycles. The smallest absolute Gasteiger partial charge is 0.419 e. The third kappa shape index (κ3) is 5.18. The van der Waals surface area contributed by atoms with Crippen molar-refractivity contribution in [3.63, 3.8) is 0 Å². The first-order valence-corrected chi connectivity index (χ1v) is 10.5. The summed E-state index contributed by atoms with van der Waals surface area (Å²) < 4.78 is 63.6. The van der Waals surface area contributed by atoms with Crippen LogP contribution in [0, 0.1) is 5.82 Å². The molecule has 1 atom stereocenters. The molecule has 0 unspecified atom stereocenters. The summed E-state index contributed by atoms with van der Waals surface area (Å²) in [5.41, 5.74) is -0.126. The molecule has 0 amide bonds. The molecular formula is C26H20F4N2O3. The minimum Gasteiger partial charge on any atom is -0.465 e. The van der Waals surface area contributed by atoms with Gasteiger partial charge in [0, 0.05) is 12.2 Å². The Morgan fingerprint density at radius 3 is 2.46 bits per heavy atom. The van der Waals surface area contributed by atoms with Crippen molar-refractivity contribution in [1.29, 1.82) is 0 Å². The highest BCUT2D eigenvalue weighted by Crippen LogP contribution is 2.38. The van der Waals surface area contributed by atoms with Gasteiger partial charge in [0.05, 0.1) is 23.6 Å². The van der Waals surface area contributed by atoms with Gasteiger partial charge >= 0.3 is 12.1 Å². The first-order valence-electron chi connectivity index (χ1n) is 10.5. The van der Waals surface area contributed by atoms with Crippen LogP contribution in [0.5, 0.6) is 11.5 Å². The second kappa shape index (κ2) is 9.61. The molecule has 4 rings (SSSR count). The molecule has 0 bridgehead atoms. The van der Waals surface area contributed by atoms with E-state index in [2.05, 4.69) is 10.3 Å². The van der Waals surface area contributed by atoms with Crippen LogP contribution in [0.1, 0.15) is 34.5 Å². The normalized spacial score (nSPS) is 12.3. The minimum absolute atomic E-state index is 0.160. The van der Waals surface area contributed by atoms with E-state index >= 15 is 0 Å². The number of rotatable bonds is 6. The van der Waals surface area contributed by atoms with Crippen molar-refractivity contribution in [1.82, 2.24) is 4.98 Å². The van der Waals surface area contributed by atoms with E-state index in [-0.39, 0.29) is 17.5 Å². The summed E-state index contributed by atoms with van der Waals surface area (Å²) in [5, 5.41) is 4.58. The average molecular weight is 484 g/mol. The highest BCUT2D eigenvalue weighted by molar-refractivity contribution is 5.97. The molecule has 0 aliphatic carbocycles. The Morgan fingerprint density at radius 1 is 1.03 bits per heavy atom. The summed E-state index contributed by atoms with van der Waals surface area (Å²) in [5.74, 6) is -1.28. The molecule has 35 heavy (non-hydrogen) atoms. The summed E-state index contributed by atoms with van der Waals surface area (Å²) in [4.78, 5) is 16.1. The lowest BCUT2D eigenvalue weighted by molar-refractivity contribution is -0.140. The topological polar surface area (TPSA) is 60.5 Å². The lowest BCUT2D eigenvalue weighted by Crippen LogP contribution is -2.09. The van der Waals surface area contributed by atoms with Crippen LogP contribution in [0.15, 0.2) is 72.9 Å². The number of pyridine rings is 1. The summed E-state index contributed by atoms with van der Waals surface area (Å²) in [6, 6.07) is 16.0. The standard InChI is InChI=1S/C26H20F4N2O3/c1-15(16-6-8-18(9-7-16)25(33)34-2)32-24-23-17(12-13-31-24)4-3-5-22(23)35-19-10-11-21(27)20(14-19)26(28,29)30/h3-15H,1-2H3,(H,31,32)/t15-/m0/s1. The minimum atomic E-state index is -4.85. The number of nitrogens with zero attached hydrogens (tertiary/aromatic N) is 1. The van der Waals surface area contributed by atoms with Crippen LogP contribution in [-0.4, -0.2) is 18.1 Å². The van der Waals surface area contributed by atoms with Gasteiger partial charge in [0.2, 0.25) is 0 Å². The summed E-state index contributed by atoms with van der Waals surface area (Å²) in [7, 11) is 1.31. The molecule has 0 saturated heterocycles. The van der Waals surface area contributed by atoms with Crippen molar-refractivity contribution in [3.8, 4) is 11.5 Å². The number of alkyl halides is 3. The number of anilines is 1. The number of fused-ring (bicyclic) bond motifs is 1. The van der Waals surface area contributed by atoms with E-state index < -0.39 is 23.5 Å². The van der Waals surface area contributed by atoms with Gasteiger partial charge in [-0.25, -0.2) is 14.2 Å². The van der Waals surface area contributed by atoms with Gasteiger partial charge in [-0.15, -0.1) is 0 Å². The fraction of sp³-hybridized carbons (Fsp3) is 0.154. The highest BCUT2D eigenvalue weighted by Gasteiger charge is 2.34. The Kier molecular flexibility index (Phi) is 6.59. The van der Waals surface area contributed by atoms with Gasteiger partial charge in [-0.1, -0.05) is 24.3 Å². The van der Waals surface area contributed by atoms with Crippen LogP contribution in [0.25, 0.3) is 10.8 Å². The molecule has 0 radical (unpaired) electrons. The van der Waals surface area contributed by atoms with Crippen LogP contribution in [0.2, 0.25) is 0 Å². The largest absolute Gasteiger partial charge is 0.465 e. The summed E-state index contributed by atoms with van der Waals surface area (Å²) in [6.45, 7) is 1.90. The van der Waals surface area contributed by atoms with Gasteiger partial charge in [-0.2, -0.15) is 13.2 Å². The van der Waals surface area contributed by atoms with Gasteiger partial charge in [0.25, 0.3) is 0 Å². The Morgan fingerprint density at radius 2 is 1.77 bits per heavy atom. The Labute approximate surface area is 198 Å². The fourth-order valence-electron chi connectivity index (χ4n) is 3.62. The second-order valence-electron chi connectivity index (χ2n) is 7.73. The van der Waals surface area contributed by atoms with Crippen molar-refractivity contribution >= 4 is 22.6 Å². The van der Waals surface area contributed by atoms with Gasteiger partial charge in [-0.3, -0.25) is 0 Å². The van der Waals surface area contributed by atoms with Crippen molar-refractivity contribution in [2.24, 2.45) is 0 Å². The Bertz CT molecular complexity index is 1370. The summed E-state index contributed by atoms with van der Waals surface area (Å²) >= 11 is 0. The molecule has 1 N–H and O–H groups in total. The molecule has 4 aromatic rings. The number of esters is 1.